The molecule has 0 aromatic heterocycles. The van der Waals surface area contributed by atoms with Crippen LogP contribution in [0.4, 0.5) is 5.69 Å². The maximum absolute atomic E-state index is 10.1. The number of aliphatic imine (C=N–C) groups is 1. The van der Waals surface area contributed by atoms with Crippen LogP contribution in [-0.2, 0) is 4.79 Å². The van der Waals surface area contributed by atoms with Gasteiger partial charge in [0.05, 0.1) is 5.69 Å². The van der Waals surface area contributed by atoms with Crippen molar-refractivity contribution in [3.8, 4) is 12.0 Å². The van der Waals surface area contributed by atoms with Crippen LogP contribution in [0.15, 0.2) is 17.1 Å². The summed E-state index contributed by atoms with van der Waals surface area (Å²) in [7, 11) is 0. The fourth-order valence-electron chi connectivity index (χ4n) is 1.15. The van der Waals surface area contributed by atoms with Crippen LogP contribution in [0.25, 0.3) is 0 Å². The molecule has 0 bridgehead atoms. The highest BCUT2D eigenvalue weighted by molar-refractivity contribution is 5.58. The minimum Gasteiger partial charge on any atom is -0.388 e. The molecule has 1 aromatic rings. The van der Waals surface area contributed by atoms with E-state index in [2.05, 4.69) is 4.99 Å². The molecule has 70 valence electrons. The summed E-state index contributed by atoms with van der Waals surface area (Å²) in [6.07, 6.45) is 3.02. The molecule has 1 rings (SSSR count). The summed E-state index contributed by atoms with van der Waals surface area (Å²) >= 11 is 0. The highest BCUT2D eigenvalue weighted by atomic mass is 16.5. The van der Waals surface area contributed by atoms with E-state index in [1.165, 1.54) is 6.08 Å². The first-order valence-corrected chi connectivity index (χ1v) is 3.94. The lowest BCUT2D eigenvalue weighted by atomic mass is 10.1. The van der Waals surface area contributed by atoms with Crippen LogP contribution in [0.3, 0.4) is 0 Å². The van der Waals surface area contributed by atoms with Gasteiger partial charge in [-0.15, -0.1) is 5.26 Å². The van der Waals surface area contributed by atoms with Crippen LogP contribution in [-0.4, -0.2) is 6.08 Å². The second kappa shape index (κ2) is 4.22. The van der Waals surface area contributed by atoms with Gasteiger partial charge < -0.3 is 4.74 Å². The minimum atomic E-state index is 0.409. The lowest BCUT2D eigenvalue weighted by Gasteiger charge is -2.04. The topological polar surface area (TPSA) is 62.4 Å². The van der Waals surface area contributed by atoms with E-state index in [1.54, 1.807) is 18.4 Å². The Morgan fingerprint density at radius 2 is 2.07 bits per heavy atom. The summed E-state index contributed by atoms with van der Waals surface area (Å²) in [5, 5.41) is 8.35. The lowest BCUT2D eigenvalue weighted by molar-refractivity contribution is 0.503. The third kappa shape index (κ3) is 1.98. The fourth-order valence-corrected chi connectivity index (χ4v) is 1.15. The van der Waals surface area contributed by atoms with Crippen molar-refractivity contribution in [3.05, 3.63) is 23.3 Å². The van der Waals surface area contributed by atoms with Crippen LogP contribution >= 0.6 is 0 Å². The van der Waals surface area contributed by atoms with Gasteiger partial charge >= 0.3 is 0 Å². The summed E-state index contributed by atoms with van der Waals surface area (Å²) in [6.45, 7) is 3.63. The standard InChI is InChI=1S/C10H8N2O2/c1-7-3-8(2)10(14-5-11)4-9(7)12-6-13/h3-4H,1-2H3. The number of benzene rings is 1. The van der Waals surface area contributed by atoms with Gasteiger partial charge in [0.15, 0.2) is 0 Å². The normalized spacial score (nSPS) is 8.64. The van der Waals surface area contributed by atoms with Crippen molar-refractivity contribution < 1.29 is 9.53 Å². The molecule has 0 aliphatic rings. The molecule has 1 aromatic carbocycles. The number of hydrogen-bond acceptors (Lipinski definition) is 4. The Labute approximate surface area is 81.5 Å². The maximum atomic E-state index is 10.1. The SMILES string of the molecule is Cc1cc(C)c(OC#N)cc1N=C=O. The molecule has 0 aliphatic carbocycles. The summed E-state index contributed by atoms with van der Waals surface area (Å²) in [5.74, 6) is 0.409. The highest BCUT2D eigenvalue weighted by Crippen LogP contribution is 2.27. The third-order valence-electron chi connectivity index (χ3n) is 1.82. The second-order valence-corrected chi connectivity index (χ2v) is 2.80. The summed E-state index contributed by atoms with van der Waals surface area (Å²) in [6, 6.07) is 3.33. The van der Waals surface area contributed by atoms with Crippen LogP contribution in [0, 0.1) is 25.4 Å². The van der Waals surface area contributed by atoms with Gasteiger partial charge in [0.25, 0.3) is 6.26 Å². The Bertz CT molecular complexity index is 440. The third-order valence-corrected chi connectivity index (χ3v) is 1.82. The van der Waals surface area contributed by atoms with Gasteiger partial charge in [-0.25, -0.2) is 4.79 Å². The maximum Gasteiger partial charge on any atom is 0.292 e. The Morgan fingerprint density at radius 1 is 1.36 bits per heavy atom. The number of nitrogens with zero attached hydrogens (tertiary/aromatic N) is 2. The number of hydrogen-bond donors (Lipinski definition) is 0. The molecule has 4 heteroatoms. The molecule has 0 saturated carbocycles. The van der Waals surface area contributed by atoms with Gasteiger partial charge in [0.2, 0.25) is 6.08 Å². The molecule has 0 heterocycles. The molecule has 14 heavy (non-hydrogen) atoms. The monoisotopic (exact) mass is 188 g/mol. The zero-order valence-corrected chi connectivity index (χ0v) is 7.87. The zero-order chi connectivity index (χ0) is 10.6. The molecule has 0 atom stereocenters. The van der Waals surface area contributed by atoms with Gasteiger partial charge in [-0.2, -0.15) is 4.99 Å². The Morgan fingerprint density at radius 3 is 2.64 bits per heavy atom. The minimum absolute atomic E-state index is 0.409. The first kappa shape index (κ1) is 9.97. The molecule has 0 aliphatic heterocycles. The van der Waals surface area contributed by atoms with E-state index in [1.807, 2.05) is 13.8 Å². The van der Waals surface area contributed by atoms with Crippen LogP contribution < -0.4 is 4.74 Å². The van der Waals surface area contributed by atoms with E-state index in [-0.39, 0.29) is 0 Å². The van der Waals surface area contributed by atoms with Crippen molar-refractivity contribution in [1.82, 2.24) is 0 Å². The summed E-state index contributed by atoms with van der Waals surface area (Å²) in [5.41, 5.74) is 2.14. The van der Waals surface area contributed by atoms with Gasteiger partial charge in [-0.1, -0.05) is 6.07 Å². The van der Waals surface area contributed by atoms with E-state index in [0.717, 1.165) is 11.1 Å². The Hall–Kier alpha value is -2.11. The number of rotatable bonds is 2. The Balaban J connectivity index is 3.27. The van der Waals surface area contributed by atoms with Crippen LogP contribution in [0.5, 0.6) is 5.75 Å². The average Bonchev–Trinajstić information content (AvgIpc) is 2.14. The van der Waals surface area contributed by atoms with Gasteiger partial charge in [0.1, 0.15) is 5.75 Å². The summed E-state index contributed by atoms with van der Waals surface area (Å²) < 4.78 is 4.69. The van der Waals surface area contributed by atoms with Crippen molar-refractivity contribution >= 4 is 11.8 Å². The predicted molar refractivity (Wildman–Crippen MR) is 49.9 cm³/mol. The molecule has 0 N–H and O–H groups in total. The second-order valence-electron chi connectivity index (χ2n) is 2.80. The quantitative estimate of drug-likeness (QED) is 0.405. The van der Waals surface area contributed by atoms with Crippen molar-refractivity contribution in [2.75, 3.05) is 0 Å². The zero-order valence-electron chi connectivity index (χ0n) is 7.87. The molecule has 4 nitrogen and oxygen atoms in total. The fraction of sp³-hybridized carbons (Fsp3) is 0.200. The average molecular weight is 188 g/mol. The molecular formula is C10H8N2O2. The van der Waals surface area contributed by atoms with E-state index in [9.17, 15) is 4.79 Å². The molecule has 0 spiro atoms. The molecule has 0 amide bonds. The largest absolute Gasteiger partial charge is 0.388 e. The van der Waals surface area contributed by atoms with Crippen molar-refractivity contribution in [3.63, 3.8) is 0 Å². The molecule has 0 unspecified atom stereocenters. The number of ether oxygens (including phenoxy) is 1. The van der Waals surface area contributed by atoms with Crippen molar-refractivity contribution in [1.29, 1.82) is 5.26 Å². The van der Waals surface area contributed by atoms with E-state index in [0.29, 0.717) is 11.4 Å². The number of isocyanates is 1. The number of carbonyl (C=O) groups excluding carboxylic acids is 1. The van der Waals surface area contributed by atoms with E-state index in [4.69, 9.17) is 10.00 Å². The van der Waals surface area contributed by atoms with E-state index < -0.39 is 0 Å². The molecule has 0 fully saturated rings. The smallest absolute Gasteiger partial charge is 0.292 e. The summed E-state index contributed by atoms with van der Waals surface area (Å²) in [4.78, 5) is 13.6. The first-order valence-electron chi connectivity index (χ1n) is 3.94. The molecule has 0 radical (unpaired) electrons. The molecule has 0 saturated heterocycles. The molecular weight excluding hydrogens is 180 g/mol. The van der Waals surface area contributed by atoms with E-state index >= 15 is 0 Å². The lowest BCUT2D eigenvalue weighted by Crippen LogP contribution is -1.87. The first-order chi connectivity index (χ1) is 6.69. The van der Waals surface area contributed by atoms with Crippen molar-refractivity contribution in [2.24, 2.45) is 4.99 Å². The van der Waals surface area contributed by atoms with Gasteiger partial charge in [0, 0.05) is 6.07 Å². The van der Waals surface area contributed by atoms with Gasteiger partial charge in [-0.05, 0) is 25.0 Å². The highest BCUT2D eigenvalue weighted by Gasteiger charge is 2.04. The number of aryl methyl sites for hydroxylation is 2. The van der Waals surface area contributed by atoms with Crippen LogP contribution in [0.1, 0.15) is 11.1 Å². The Kier molecular flexibility index (Phi) is 3.01. The van der Waals surface area contributed by atoms with Gasteiger partial charge in [-0.3, -0.25) is 0 Å². The predicted octanol–water partition coefficient (Wildman–Crippen LogP) is 2.13. The van der Waals surface area contributed by atoms with Crippen molar-refractivity contribution in [2.45, 2.75) is 13.8 Å². The number of nitriles is 1. The van der Waals surface area contributed by atoms with Crippen LogP contribution in [0.2, 0.25) is 0 Å².